The molecule has 0 aliphatic carbocycles. The SMILES string of the molecule is C=C(OCCCCCCCC)C(=O)OC(=O)CCCCCCCCC. The fourth-order valence-electron chi connectivity index (χ4n) is 2.57. The van der Waals surface area contributed by atoms with Crippen LogP contribution in [0.5, 0.6) is 0 Å². The maximum absolute atomic E-state index is 11.7. The molecule has 25 heavy (non-hydrogen) atoms. The average Bonchev–Trinajstić information content (AvgIpc) is 2.59. The molecule has 0 N–H and O–H groups in total. The molecule has 0 heterocycles. The zero-order chi connectivity index (χ0) is 18.8. The summed E-state index contributed by atoms with van der Waals surface area (Å²) in [4.78, 5) is 23.3. The van der Waals surface area contributed by atoms with Crippen LogP contribution in [0.25, 0.3) is 0 Å². The molecule has 0 amide bonds. The molecule has 0 spiro atoms. The summed E-state index contributed by atoms with van der Waals surface area (Å²) in [6.07, 6.45) is 15.1. The van der Waals surface area contributed by atoms with Gasteiger partial charge < -0.3 is 9.47 Å². The van der Waals surface area contributed by atoms with E-state index in [0.29, 0.717) is 6.61 Å². The first-order valence-corrected chi connectivity index (χ1v) is 10.2. The van der Waals surface area contributed by atoms with Crippen LogP contribution in [0.1, 0.15) is 104 Å². The lowest BCUT2D eigenvalue weighted by atomic mass is 10.1. The lowest BCUT2D eigenvalue weighted by molar-refractivity contribution is -0.159. The number of ether oxygens (including phenoxy) is 2. The van der Waals surface area contributed by atoms with E-state index >= 15 is 0 Å². The van der Waals surface area contributed by atoms with Gasteiger partial charge in [-0.25, -0.2) is 4.79 Å². The van der Waals surface area contributed by atoms with Gasteiger partial charge in [0.05, 0.1) is 6.61 Å². The second-order valence-corrected chi connectivity index (χ2v) is 6.67. The third kappa shape index (κ3) is 15.9. The Hall–Kier alpha value is -1.32. The topological polar surface area (TPSA) is 52.6 Å². The van der Waals surface area contributed by atoms with Gasteiger partial charge in [0, 0.05) is 6.42 Å². The summed E-state index contributed by atoms with van der Waals surface area (Å²) in [6.45, 7) is 8.38. The molecule has 0 saturated carbocycles. The zero-order valence-electron chi connectivity index (χ0n) is 16.4. The maximum atomic E-state index is 11.7. The Labute approximate surface area is 154 Å². The van der Waals surface area contributed by atoms with Crippen molar-refractivity contribution < 1.29 is 19.1 Å². The van der Waals surface area contributed by atoms with Gasteiger partial charge in [-0.05, 0) is 19.4 Å². The van der Waals surface area contributed by atoms with Crippen molar-refractivity contribution in [3.05, 3.63) is 12.3 Å². The third-order valence-corrected chi connectivity index (χ3v) is 4.19. The van der Waals surface area contributed by atoms with Crippen molar-refractivity contribution in [2.24, 2.45) is 0 Å². The lowest BCUT2D eigenvalue weighted by Gasteiger charge is -2.08. The van der Waals surface area contributed by atoms with E-state index in [-0.39, 0.29) is 12.2 Å². The highest BCUT2D eigenvalue weighted by atomic mass is 16.6. The van der Waals surface area contributed by atoms with E-state index < -0.39 is 11.9 Å². The van der Waals surface area contributed by atoms with Gasteiger partial charge in [0.25, 0.3) is 0 Å². The van der Waals surface area contributed by atoms with Gasteiger partial charge in [-0.3, -0.25) is 4.79 Å². The molecule has 0 aromatic heterocycles. The van der Waals surface area contributed by atoms with Crippen LogP contribution >= 0.6 is 0 Å². The molecule has 0 atom stereocenters. The maximum Gasteiger partial charge on any atom is 0.380 e. The smallest absolute Gasteiger partial charge is 0.380 e. The molecule has 4 heteroatoms. The number of hydrogen-bond acceptors (Lipinski definition) is 4. The molecule has 0 aromatic carbocycles. The summed E-state index contributed by atoms with van der Waals surface area (Å²) in [5.41, 5.74) is 0. The number of carbonyl (C=O) groups excluding carboxylic acids is 2. The second kappa shape index (κ2) is 17.5. The highest BCUT2D eigenvalue weighted by Crippen LogP contribution is 2.10. The van der Waals surface area contributed by atoms with E-state index in [2.05, 4.69) is 20.4 Å². The standard InChI is InChI=1S/C21H38O4/c1-4-6-8-10-12-13-15-17-20(22)25-21(23)19(3)24-18-16-14-11-9-7-5-2/h3-18H2,1-2H3. The number of hydrogen-bond donors (Lipinski definition) is 0. The van der Waals surface area contributed by atoms with Crippen molar-refractivity contribution in [1.29, 1.82) is 0 Å². The number of carbonyl (C=O) groups is 2. The largest absolute Gasteiger partial charge is 0.487 e. The quantitative estimate of drug-likeness (QED) is 0.104. The van der Waals surface area contributed by atoms with Gasteiger partial charge in [0.1, 0.15) is 0 Å². The Balaban J connectivity index is 3.57. The fourth-order valence-corrected chi connectivity index (χ4v) is 2.57. The monoisotopic (exact) mass is 354 g/mol. The molecule has 0 aliphatic rings. The molecule has 0 rings (SSSR count). The van der Waals surface area contributed by atoms with Gasteiger partial charge >= 0.3 is 11.9 Å². The summed E-state index contributed by atoms with van der Waals surface area (Å²) >= 11 is 0. The van der Waals surface area contributed by atoms with Gasteiger partial charge in [0.15, 0.2) is 5.76 Å². The first-order valence-electron chi connectivity index (χ1n) is 10.2. The second-order valence-electron chi connectivity index (χ2n) is 6.67. The first-order chi connectivity index (χ1) is 12.1. The molecular weight excluding hydrogens is 316 g/mol. The van der Waals surface area contributed by atoms with Crippen molar-refractivity contribution in [2.45, 2.75) is 104 Å². The Bertz CT molecular complexity index is 363. The van der Waals surface area contributed by atoms with E-state index in [9.17, 15) is 9.59 Å². The predicted octanol–water partition coefficient (Wildman–Crippen LogP) is 6.09. The van der Waals surface area contributed by atoms with Gasteiger partial charge in [-0.2, -0.15) is 0 Å². The number of esters is 2. The Kier molecular flexibility index (Phi) is 16.6. The minimum Gasteiger partial charge on any atom is -0.487 e. The van der Waals surface area contributed by atoms with Crippen molar-refractivity contribution >= 4 is 11.9 Å². The van der Waals surface area contributed by atoms with Crippen LogP contribution in [0.2, 0.25) is 0 Å². The normalized spacial score (nSPS) is 10.5. The van der Waals surface area contributed by atoms with E-state index in [1.54, 1.807) is 0 Å². The molecule has 0 unspecified atom stereocenters. The van der Waals surface area contributed by atoms with E-state index in [1.165, 1.54) is 51.4 Å². The Morgan fingerprint density at radius 3 is 1.76 bits per heavy atom. The van der Waals surface area contributed by atoms with Crippen molar-refractivity contribution in [3.63, 3.8) is 0 Å². The van der Waals surface area contributed by atoms with Crippen molar-refractivity contribution in [3.8, 4) is 0 Å². The minimum absolute atomic E-state index is 0.0681. The highest BCUT2D eigenvalue weighted by molar-refractivity contribution is 5.94. The molecule has 0 fully saturated rings. The van der Waals surface area contributed by atoms with Crippen LogP contribution in [0.15, 0.2) is 12.3 Å². The summed E-state index contributed by atoms with van der Waals surface area (Å²) in [7, 11) is 0. The summed E-state index contributed by atoms with van der Waals surface area (Å²) in [5.74, 6) is -1.30. The molecular formula is C21H38O4. The number of unbranched alkanes of at least 4 members (excludes halogenated alkanes) is 11. The van der Waals surface area contributed by atoms with Gasteiger partial charge in [-0.15, -0.1) is 0 Å². The summed E-state index contributed by atoms with van der Waals surface area (Å²) in [5, 5.41) is 0. The average molecular weight is 355 g/mol. The third-order valence-electron chi connectivity index (χ3n) is 4.19. The van der Waals surface area contributed by atoms with Gasteiger partial charge in [-0.1, -0.05) is 84.5 Å². The summed E-state index contributed by atoms with van der Waals surface area (Å²) < 4.78 is 10.0. The predicted molar refractivity (Wildman–Crippen MR) is 102 cm³/mol. The van der Waals surface area contributed by atoms with E-state index in [1.807, 2.05) is 0 Å². The highest BCUT2D eigenvalue weighted by Gasteiger charge is 2.14. The van der Waals surface area contributed by atoms with Crippen molar-refractivity contribution in [1.82, 2.24) is 0 Å². The number of rotatable bonds is 17. The van der Waals surface area contributed by atoms with E-state index in [0.717, 1.165) is 32.1 Å². The molecule has 146 valence electrons. The Morgan fingerprint density at radius 2 is 1.20 bits per heavy atom. The molecule has 4 nitrogen and oxygen atoms in total. The molecule has 0 radical (unpaired) electrons. The van der Waals surface area contributed by atoms with Crippen LogP contribution in [-0.4, -0.2) is 18.5 Å². The molecule has 0 bridgehead atoms. The molecule has 0 saturated heterocycles. The fraction of sp³-hybridized carbons (Fsp3) is 0.810. The lowest BCUT2D eigenvalue weighted by Crippen LogP contribution is -2.15. The summed E-state index contributed by atoms with van der Waals surface area (Å²) in [6, 6.07) is 0. The molecule has 0 aromatic rings. The van der Waals surface area contributed by atoms with Crippen LogP contribution in [0, 0.1) is 0 Å². The first kappa shape index (κ1) is 23.7. The van der Waals surface area contributed by atoms with Crippen LogP contribution in [0.3, 0.4) is 0 Å². The van der Waals surface area contributed by atoms with Crippen LogP contribution < -0.4 is 0 Å². The van der Waals surface area contributed by atoms with Crippen LogP contribution in [0.4, 0.5) is 0 Å². The van der Waals surface area contributed by atoms with E-state index in [4.69, 9.17) is 9.47 Å². The molecule has 0 aliphatic heterocycles. The zero-order valence-corrected chi connectivity index (χ0v) is 16.4. The van der Waals surface area contributed by atoms with Crippen molar-refractivity contribution in [2.75, 3.05) is 6.61 Å². The Morgan fingerprint density at radius 1 is 0.720 bits per heavy atom. The minimum atomic E-state index is -0.751. The van der Waals surface area contributed by atoms with Gasteiger partial charge in [0.2, 0.25) is 0 Å². The van der Waals surface area contributed by atoms with Crippen LogP contribution in [-0.2, 0) is 19.1 Å².